The molecule has 3 aliphatic rings. The van der Waals surface area contributed by atoms with Crippen molar-refractivity contribution >= 4 is 5.91 Å². The summed E-state index contributed by atoms with van der Waals surface area (Å²) < 4.78 is 17.1. The second-order valence-electron chi connectivity index (χ2n) is 8.06. The van der Waals surface area contributed by atoms with Crippen molar-refractivity contribution in [2.45, 2.75) is 50.3 Å². The van der Waals surface area contributed by atoms with Crippen LogP contribution < -0.4 is 0 Å². The number of likely N-dealkylation sites (tertiary alicyclic amines) is 1. The molecule has 0 saturated carbocycles. The second kappa shape index (κ2) is 7.71. The number of likely N-dealkylation sites (N-methyl/N-ethyl adjacent to an activating group) is 1. The molecule has 6 nitrogen and oxygen atoms in total. The number of piperidine rings is 1. The van der Waals surface area contributed by atoms with Crippen molar-refractivity contribution in [2.75, 3.05) is 40.0 Å². The quantitative estimate of drug-likeness (QED) is 0.823. The zero-order valence-electron chi connectivity index (χ0n) is 15.7. The van der Waals surface area contributed by atoms with E-state index in [0.717, 1.165) is 77.3 Å². The molecular formula is C20H30N2O4. The van der Waals surface area contributed by atoms with E-state index in [4.69, 9.17) is 13.9 Å². The van der Waals surface area contributed by atoms with Gasteiger partial charge < -0.3 is 18.8 Å². The lowest BCUT2D eigenvalue weighted by atomic mass is 9.86. The lowest BCUT2D eigenvalue weighted by molar-refractivity contribution is -0.143. The highest BCUT2D eigenvalue weighted by atomic mass is 16.5. The molecule has 0 aliphatic carbocycles. The predicted octanol–water partition coefficient (Wildman–Crippen LogP) is 2.29. The zero-order valence-corrected chi connectivity index (χ0v) is 15.7. The molecule has 4 rings (SSSR count). The van der Waals surface area contributed by atoms with Crippen LogP contribution in [-0.2, 0) is 20.8 Å². The van der Waals surface area contributed by atoms with E-state index in [0.29, 0.717) is 11.9 Å². The molecule has 0 radical (unpaired) electrons. The first kappa shape index (κ1) is 18.0. The normalized spacial score (nSPS) is 26.7. The third kappa shape index (κ3) is 3.82. The number of hydrogen-bond acceptors (Lipinski definition) is 5. The molecule has 1 amide bonds. The average Bonchev–Trinajstić information content (AvgIpc) is 3.33. The molecule has 3 saturated heterocycles. The van der Waals surface area contributed by atoms with Crippen molar-refractivity contribution in [3.05, 3.63) is 24.2 Å². The van der Waals surface area contributed by atoms with E-state index in [2.05, 4.69) is 16.8 Å². The zero-order chi connectivity index (χ0) is 18.0. The number of ether oxygens (including phenoxy) is 2. The molecule has 26 heavy (non-hydrogen) atoms. The predicted molar refractivity (Wildman–Crippen MR) is 96.6 cm³/mol. The molecule has 1 aromatic heterocycles. The SMILES string of the molecule is CN(Cc1ccco1)[C@H]1COC2(CCN(C(=O)C3CCOCC3)CC2)C1. The van der Waals surface area contributed by atoms with Crippen molar-refractivity contribution in [1.29, 1.82) is 0 Å². The molecule has 1 aromatic rings. The van der Waals surface area contributed by atoms with Crippen LogP contribution in [-0.4, -0.2) is 67.3 Å². The molecular weight excluding hydrogens is 332 g/mol. The van der Waals surface area contributed by atoms with Crippen LogP contribution >= 0.6 is 0 Å². The van der Waals surface area contributed by atoms with Gasteiger partial charge in [0.25, 0.3) is 0 Å². The molecule has 0 bridgehead atoms. The minimum Gasteiger partial charge on any atom is -0.468 e. The Labute approximate surface area is 155 Å². The van der Waals surface area contributed by atoms with E-state index in [1.807, 2.05) is 12.1 Å². The minimum atomic E-state index is -0.0471. The van der Waals surface area contributed by atoms with Gasteiger partial charge in [0, 0.05) is 38.3 Å². The molecule has 3 aliphatic heterocycles. The van der Waals surface area contributed by atoms with Gasteiger partial charge in [0.1, 0.15) is 5.76 Å². The molecule has 0 unspecified atom stereocenters. The summed E-state index contributed by atoms with van der Waals surface area (Å²) in [5, 5.41) is 0. The maximum absolute atomic E-state index is 12.7. The van der Waals surface area contributed by atoms with Gasteiger partial charge in [-0.05, 0) is 51.3 Å². The van der Waals surface area contributed by atoms with Crippen LogP contribution in [0, 0.1) is 5.92 Å². The summed E-state index contributed by atoms with van der Waals surface area (Å²) in [7, 11) is 2.14. The summed E-state index contributed by atoms with van der Waals surface area (Å²) in [5.41, 5.74) is -0.0471. The van der Waals surface area contributed by atoms with E-state index < -0.39 is 0 Å². The van der Waals surface area contributed by atoms with Crippen molar-refractivity contribution < 1.29 is 18.7 Å². The molecule has 4 heterocycles. The van der Waals surface area contributed by atoms with Crippen LogP contribution in [0.15, 0.2) is 22.8 Å². The van der Waals surface area contributed by atoms with Gasteiger partial charge in [-0.25, -0.2) is 0 Å². The number of carbonyl (C=O) groups excluding carboxylic acids is 1. The van der Waals surface area contributed by atoms with Gasteiger partial charge in [0.15, 0.2) is 0 Å². The van der Waals surface area contributed by atoms with Gasteiger partial charge in [0.05, 0.1) is 25.0 Å². The van der Waals surface area contributed by atoms with Gasteiger partial charge in [-0.1, -0.05) is 0 Å². The fourth-order valence-electron chi connectivity index (χ4n) is 4.57. The Balaban J connectivity index is 1.28. The number of nitrogens with zero attached hydrogens (tertiary/aromatic N) is 2. The minimum absolute atomic E-state index is 0.0471. The Morgan fingerprint density at radius 3 is 2.77 bits per heavy atom. The lowest BCUT2D eigenvalue weighted by Gasteiger charge is -2.40. The Bertz CT molecular complexity index is 589. The summed E-state index contributed by atoms with van der Waals surface area (Å²) in [5.74, 6) is 1.48. The summed E-state index contributed by atoms with van der Waals surface area (Å²) in [6.45, 7) is 4.67. The van der Waals surface area contributed by atoms with Crippen molar-refractivity contribution in [3.8, 4) is 0 Å². The lowest BCUT2D eigenvalue weighted by Crippen LogP contribution is -2.49. The highest BCUT2D eigenvalue weighted by Gasteiger charge is 2.45. The summed E-state index contributed by atoms with van der Waals surface area (Å²) in [6.07, 6.45) is 6.41. The smallest absolute Gasteiger partial charge is 0.225 e. The summed E-state index contributed by atoms with van der Waals surface area (Å²) in [4.78, 5) is 17.1. The number of amides is 1. The fourth-order valence-corrected chi connectivity index (χ4v) is 4.57. The number of hydrogen-bond donors (Lipinski definition) is 0. The highest BCUT2D eigenvalue weighted by molar-refractivity contribution is 5.79. The Kier molecular flexibility index (Phi) is 5.34. The van der Waals surface area contributed by atoms with Crippen LogP contribution in [0.25, 0.3) is 0 Å². The van der Waals surface area contributed by atoms with Gasteiger partial charge in [-0.3, -0.25) is 9.69 Å². The maximum atomic E-state index is 12.7. The Morgan fingerprint density at radius 1 is 1.31 bits per heavy atom. The van der Waals surface area contributed by atoms with E-state index in [9.17, 15) is 4.79 Å². The average molecular weight is 362 g/mol. The van der Waals surface area contributed by atoms with Gasteiger partial charge in [-0.2, -0.15) is 0 Å². The molecule has 3 fully saturated rings. The van der Waals surface area contributed by atoms with Gasteiger partial charge >= 0.3 is 0 Å². The van der Waals surface area contributed by atoms with Crippen LogP contribution in [0.4, 0.5) is 0 Å². The molecule has 144 valence electrons. The first-order chi connectivity index (χ1) is 12.7. The molecule has 1 spiro atoms. The first-order valence-electron chi connectivity index (χ1n) is 9.88. The van der Waals surface area contributed by atoms with Crippen LogP contribution in [0.2, 0.25) is 0 Å². The third-order valence-electron chi connectivity index (χ3n) is 6.36. The fraction of sp³-hybridized carbons (Fsp3) is 0.750. The van der Waals surface area contributed by atoms with E-state index in [-0.39, 0.29) is 11.5 Å². The first-order valence-corrected chi connectivity index (χ1v) is 9.88. The number of rotatable bonds is 4. The van der Waals surface area contributed by atoms with Gasteiger partial charge in [-0.15, -0.1) is 0 Å². The Morgan fingerprint density at radius 2 is 2.08 bits per heavy atom. The van der Waals surface area contributed by atoms with Crippen LogP contribution in [0.5, 0.6) is 0 Å². The molecule has 6 heteroatoms. The third-order valence-corrected chi connectivity index (χ3v) is 6.36. The monoisotopic (exact) mass is 362 g/mol. The topological polar surface area (TPSA) is 55.2 Å². The van der Waals surface area contributed by atoms with Crippen molar-refractivity contribution in [2.24, 2.45) is 5.92 Å². The van der Waals surface area contributed by atoms with E-state index in [1.165, 1.54) is 0 Å². The van der Waals surface area contributed by atoms with Crippen molar-refractivity contribution in [1.82, 2.24) is 9.80 Å². The van der Waals surface area contributed by atoms with Crippen LogP contribution in [0.1, 0.15) is 37.9 Å². The second-order valence-corrected chi connectivity index (χ2v) is 8.06. The molecule has 0 aromatic carbocycles. The number of furan rings is 1. The standard InChI is InChI=1S/C20H30N2O4/c1-21(14-18-3-2-10-25-18)17-13-20(26-15-17)6-8-22(9-7-20)19(23)16-4-11-24-12-5-16/h2-3,10,16-17H,4-9,11-15H2,1H3/t17-/m1/s1. The molecule has 1 atom stereocenters. The van der Waals surface area contributed by atoms with Crippen LogP contribution in [0.3, 0.4) is 0 Å². The maximum Gasteiger partial charge on any atom is 0.225 e. The van der Waals surface area contributed by atoms with Gasteiger partial charge in [0.2, 0.25) is 5.91 Å². The number of carbonyl (C=O) groups is 1. The largest absolute Gasteiger partial charge is 0.468 e. The summed E-state index contributed by atoms with van der Waals surface area (Å²) in [6, 6.07) is 4.36. The van der Waals surface area contributed by atoms with Crippen molar-refractivity contribution in [3.63, 3.8) is 0 Å². The Hall–Kier alpha value is -1.37. The highest BCUT2D eigenvalue weighted by Crippen LogP contribution is 2.38. The van der Waals surface area contributed by atoms with E-state index in [1.54, 1.807) is 6.26 Å². The molecule has 0 N–H and O–H groups in total. The summed E-state index contributed by atoms with van der Waals surface area (Å²) >= 11 is 0. The van der Waals surface area contributed by atoms with E-state index >= 15 is 0 Å².